The maximum atomic E-state index is 5.28. The van der Waals surface area contributed by atoms with Gasteiger partial charge in [0.1, 0.15) is 5.65 Å². The summed E-state index contributed by atoms with van der Waals surface area (Å²) in [5.74, 6) is 0.703. The molecule has 0 radical (unpaired) electrons. The van der Waals surface area contributed by atoms with E-state index in [1.807, 2.05) is 18.2 Å². The van der Waals surface area contributed by atoms with Crippen LogP contribution in [0.5, 0.6) is 0 Å². The highest BCUT2D eigenvalue weighted by molar-refractivity contribution is 6.14. The Hall–Kier alpha value is -5.80. The highest BCUT2D eigenvalue weighted by atomic mass is 15.1. The van der Waals surface area contributed by atoms with Gasteiger partial charge in [-0.1, -0.05) is 146 Å². The molecule has 8 aromatic rings. The number of fused-ring (bicyclic) bond motifs is 3. The molecule has 0 fully saturated rings. The lowest BCUT2D eigenvalue weighted by Crippen LogP contribution is -1.99. The van der Waals surface area contributed by atoms with Gasteiger partial charge in [0.15, 0.2) is 5.82 Å². The Bertz CT molecular complexity index is 2180. The minimum Gasteiger partial charge on any atom is -0.294 e. The van der Waals surface area contributed by atoms with E-state index in [1.165, 1.54) is 22.3 Å². The number of hydrogen-bond acceptors (Lipinski definition) is 2. The minimum atomic E-state index is 0.703. The highest BCUT2D eigenvalue weighted by Crippen LogP contribution is 2.38. The Kier molecular flexibility index (Phi) is 6.12. The van der Waals surface area contributed by atoms with Crippen LogP contribution in [-0.2, 0) is 0 Å². The molecule has 202 valence electrons. The quantitative estimate of drug-likeness (QED) is 0.214. The zero-order valence-electron chi connectivity index (χ0n) is 23.4. The van der Waals surface area contributed by atoms with E-state index in [-0.39, 0.29) is 0 Å². The number of para-hydroxylation sites is 2. The predicted molar refractivity (Wildman–Crippen MR) is 178 cm³/mol. The molecular weight excluding hydrogens is 522 g/mol. The molecule has 2 aromatic heterocycles. The van der Waals surface area contributed by atoms with Gasteiger partial charge in [-0.3, -0.25) is 4.57 Å². The summed E-state index contributed by atoms with van der Waals surface area (Å²) in [6.07, 6.45) is 0. The summed E-state index contributed by atoms with van der Waals surface area (Å²) >= 11 is 0. The largest absolute Gasteiger partial charge is 0.294 e. The maximum Gasteiger partial charge on any atom is 0.162 e. The molecule has 0 saturated heterocycles. The van der Waals surface area contributed by atoms with Crippen LogP contribution in [0.4, 0.5) is 0 Å². The first-order valence-electron chi connectivity index (χ1n) is 14.5. The summed E-state index contributed by atoms with van der Waals surface area (Å²) in [4.78, 5) is 10.5. The summed E-state index contributed by atoms with van der Waals surface area (Å²) in [5.41, 5.74) is 10.8. The second kappa shape index (κ2) is 10.6. The number of nitrogens with zero attached hydrogens (tertiary/aromatic N) is 3. The molecule has 0 saturated carbocycles. The zero-order valence-corrected chi connectivity index (χ0v) is 23.4. The Balaban J connectivity index is 1.37. The molecule has 0 aliphatic rings. The molecule has 0 unspecified atom stereocenters. The number of aromatic nitrogens is 3. The van der Waals surface area contributed by atoms with Crippen LogP contribution in [0.2, 0.25) is 0 Å². The first kappa shape index (κ1) is 25.0. The summed E-state index contributed by atoms with van der Waals surface area (Å²) in [5, 5.41) is 2.19. The van der Waals surface area contributed by atoms with Crippen LogP contribution in [-0.4, -0.2) is 14.5 Å². The standard InChI is InChI=1S/C40H27N3/c1-4-12-28(13-5-1)30-20-24-32(25-21-30)38-37-35-18-10-11-19-36(35)43(34-16-8-3-9-17-34)40(37)42-39(41-38)33-26-22-31(23-27-33)29-14-6-2-7-15-29/h1-27H. The normalized spacial score (nSPS) is 11.3. The fourth-order valence-corrected chi connectivity index (χ4v) is 5.92. The highest BCUT2D eigenvalue weighted by Gasteiger charge is 2.20. The molecule has 3 heteroatoms. The van der Waals surface area contributed by atoms with Crippen LogP contribution < -0.4 is 0 Å². The lowest BCUT2D eigenvalue weighted by Gasteiger charge is -2.11. The third-order valence-electron chi connectivity index (χ3n) is 8.05. The van der Waals surface area contributed by atoms with Gasteiger partial charge in [-0.25, -0.2) is 9.97 Å². The SMILES string of the molecule is c1ccc(-c2ccc(-c3nc(-c4ccc(-c5ccccc5)cc4)c4c5ccccc5n(-c5ccccc5)c4n3)cc2)cc1. The molecule has 8 rings (SSSR count). The van der Waals surface area contributed by atoms with E-state index < -0.39 is 0 Å². The van der Waals surface area contributed by atoms with Crippen LogP contribution in [0.15, 0.2) is 164 Å². The summed E-state index contributed by atoms with van der Waals surface area (Å²) < 4.78 is 2.26. The van der Waals surface area contributed by atoms with E-state index in [4.69, 9.17) is 9.97 Å². The van der Waals surface area contributed by atoms with Crippen molar-refractivity contribution < 1.29 is 0 Å². The van der Waals surface area contributed by atoms with Gasteiger partial charge in [0.05, 0.1) is 16.6 Å². The van der Waals surface area contributed by atoms with Crippen LogP contribution in [0, 0.1) is 0 Å². The van der Waals surface area contributed by atoms with Gasteiger partial charge in [-0.2, -0.15) is 0 Å². The molecule has 0 aliphatic carbocycles. The molecule has 0 atom stereocenters. The van der Waals surface area contributed by atoms with E-state index in [9.17, 15) is 0 Å². The molecule has 0 spiro atoms. The van der Waals surface area contributed by atoms with Crippen molar-refractivity contribution in [2.45, 2.75) is 0 Å². The molecular formula is C40H27N3. The Morgan fingerprint density at radius 3 is 1.44 bits per heavy atom. The molecule has 0 bridgehead atoms. The lowest BCUT2D eigenvalue weighted by atomic mass is 10.0. The van der Waals surface area contributed by atoms with Crippen molar-refractivity contribution in [3.05, 3.63) is 164 Å². The van der Waals surface area contributed by atoms with Gasteiger partial charge < -0.3 is 0 Å². The van der Waals surface area contributed by atoms with E-state index in [0.717, 1.165) is 44.4 Å². The van der Waals surface area contributed by atoms with E-state index >= 15 is 0 Å². The number of rotatable bonds is 5. The van der Waals surface area contributed by atoms with E-state index in [0.29, 0.717) is 5.82 Å². The van der Waals surface area contributed by atoms with Crippen LogP contribution in [0.1, 0.15) is 0 Å². The Labute approximate surface area is 250 Å². The third-order valence-corrected chi connectivity index (χ3v) is 8.05. The predicted octanol–water partition coefficient (Wildman–Crippen LogP) is 10.2. The van der Waals surface area contributed by atoms with Crippen molar-refractivity contribution in [2.24, 2.45) is 0 Å². The summed E-state index contributed by atoms with van der Waals surface area (Å²) in [7, 11) is 0. The first-order valence-corrected chi connectivity index (χ1v) is 14.5. The second-order valence-electron chi connectivity index (χ2n) is 10.7. The van der Waals surface area contributed by atoms with Gasteiger partial charge in [-0.05, 0) is 40.5 Å². The number of hydrogen-bond donors (Lipinski definition) is 0. The van der Waals surface area contributed by atoms with Gasteiger partial charge >= 0.3 is 0 Å². The monoisotopic (exact) mass is 549 g/mol. The van der Waals surface area contributed by atoms with Crippen LogP contribution in [0.3, 0.4) is 0 Å². The van der Waals surface area contributed by atoms with Crippen LogP contribution >= 0.6 is 0 Å². The van der Waals surface area contributed by atoms with E-state index in [1.54, 1.807) is 0 Å². The van der Waals surface area contributed by atoms with Gasteiger partial charge in [-0.15, -0.1) is 0 Å². The summed E-state index contributed by atoms with van der Waals surface area (Å²) in [6, 6.07) is 57.2. The number of benzene rings is 6. The average molecular weight is 550 g/mol. The van der Waals surface area contributed by atoms with Crippen molar-refractivity contribution >= 4 is 21.9 Å². The fraction of sp³-hybridized carbons (Fsp3) is 0. The van der Waals surface area contributed by atoms with E-state index in [2.05, 4.69) is 150 Å². The second-order valence-corrected chi connectivity index (χ2v) is 10.7. The topological polar surface area (TPSA) is 30.7 Å². The Morgan fingerprint density at radius 2 is 0.837 bits per heavy atom. The van der Waals surface area contributed by atoms with Gasteiger partial charge in [0, 0.05) is 22.2 Å². The van der Waals surface area contributed by atoms with Crippen molar-refractivity contribution in [1.82, 2.24) is 14.5 Å². The minimum absolute atomic E-state index is 0.703. The third kappa shape index (κ3) is 4.48. The molecule has 43 heavy (non-hydrogen) atoms. The van der Waals surface area contributed by atoms with Crippen LogP contribution in [0.25, 0.3) is 72.5 Å². The lowest BCUT2D eigenvalue weighted by molar-refractivity contribution is 1.11. The van der Waals surface area contributed by atoms with Crippen molar-refractivity contribution in [1.29, 1.82) is 0 Å². The summed E-state index contributed by atoms with van der Waals surface area (Å²) in [6.45, 7) is 0. The maximum absolute atomic E-state index is 5.28. The fourth-order valence-electron chi connectivity index (χ4n) is 5.92. The first-order chi connectivity index (χ1) is 21.3. The van der Waals surface area contributed by atoms with Gasteiger partial charge in [0.25, 0.3) is 0 Å². The molecule has 2 heterocycles. The molecule has 6 aromatic carbocycles. The molecule has 3 nitrogen and oxygen atoms in total. The smallest absolute Gasteiger partial charge is 0.162 e. The van der Waals surface area contributed by atoms with Crippen molar-refractivity contribution in [3.8, 4) is 50.6 Å². The van der Waals surface area contributed by atoms with Crippen molar-refractivity contribution in [2.75, 3.05) is 0 Å². The Morgan fingerprint density at radius 1 is 0.372 bits per heavy atom. The molecule has 0 N–H and O–H groups in total. The van der Waals surface area contributed by atoms with Crippen molar-refractivity contribution in [3.63, 3.8) is 0 Å². The molecule has 0 aliphatic heterocycles. The van der Waals surface area contributed by atoms with Gasteiger partial charge in [0.2, 0.25) is 0 Å². The molecule has 0 amide bonds. The zero-order chi connectivity index (χ0) is 28.6. The average Bonchev–Trinajstić information content (AvgIpc) is 3.43.